The van der Waals surface area contributed by atoms with Crippen LogP contribution in [0.1, 0.15) is 120 Å². The molecule has 0 aliphatic carbocycles. The third kappa shape index (κ3) is 10.4. The summed E-state index contributed by atoms with van der Waals surface area (Å²) < 4.78 is 0. The molecule has 0 fully saturated rings. The molecule has 4 nitrogen and oxygen atoms in total. The highest BCUT2D eigenvalue weighted by atomic mass is 16.3. The van der Waals surface area contributed by atoms with Gasteiger partial charge in [0, 0.05) is 17.3 Å². The highest BCUT2D eigenvalue weighted by Crippen LogP contribution is 2.26. The van der Waals surface area contributed by atoms with Crippen molar-refractivity contribution in [3.63, 3.8) is 0 Å². The van der Waals surface area contributed by atoms with E-state index >= 15 is 0 Å². The molecule has 0 aliphatic heterocycles. The van der Waals surface area contributed by atoms with Gasteiger partial charge in [0.05, 0.1) is 18.9 Å². The first-order valence-corrected chi connectivity index (χ1v) is 11.6. The van der Waals surface area contributed by atoms with Gasteiger partial charge in [-0.15, -0.1) is 0 Å². The molecule has 0 saturated heterocycles. The second kappa shape index (κ2) is 16.8. The first kappa shape index (κ1) is 24.9. The lowest BCUT2D eigenvalue weighted by atomic mass is 10.0. The number of aromatic nitrogens is 1. The highest BCUT2D eigenvalue weighted by molar-refractivity contribution is 5.40. The van der Waals surface area contributed by atoms with Gasteiger partial charge in [-0.2, -0.15) is 0 Å². The van der Waals surface area contributed by atoms with Crippen molar-refractivity contribution in [2.45, 2.75) is 123 Å². The van der Waals surface area contributed by atoms with Crippen molar-refractivity contribution in [1.29, 1.82) is 0 Å². The number of hydrogen-bond acceptors (Lipinski definition) is 4. The number of aliphatic hydroxyl groups is 2. The van der Waals surface area contributed by atoms with Gasteiger partial charge in [-0.05, 0) is 12.8 Å². The zero-order valence-corrected chi connectivity index (χ0v) is 18.1. The Kier molecular flexibility index (Phi) is 14.9. The maximum Gasteiger partial charge on any atom is 0.142 e. The van der Waals surface area contributed by atoms with Crippen molar-refractivity contribution in [1.82, 2.24) is 4.98 Å². The van der Waals surface area contributed by atoms with Gasteiger partial charge < -0.3 is 15.3 Å². The summed E-state index contributed by atoms with van der Waals surface area (Å²) in [5, 5.41) is 28.8. The summed E-state index contributed by atoms with van der Waals surface area (Å²) in [6.07, 6.45) is 22.3. The molecule has 4 heteroatoms. The van der Waals surface area contributed by atoms with Gasteiger partial charge in [0.15, 0.2) is 0 Å². The third-order valence-corrected chi connectivity index (χ3v) is 5.67. The quantitative estimate of drug-likeness (QED) is 0.260. The predicted octanol–water partition coefficient (Wildman–Crippen LogP) is 6.19. The highest BCUT2D eigenvalue weighted by Gasteiger charge is 2.12. The van der Waals surface area contributed by atoms with Gasteiger partial charge in [-0.25, -0.2) is 0 Å². The molecule has 3 N–H and O–H groups in total. The van der Waals surface area contributed by atoms with Crippen LogP contribution in [0.25, 0.3) is 0 Å². The standard InChI is InChI=1S/C24H43NO3/c1-2-3-4-5-6-7-8-9-10-11-12-13-14-15-16-17-23-24(28)22(20-27)21(19-26)18-25-23/h18,26-28H,2-17,19-20H2,1H3. The van der Waals surface area contributed by atoms with Gasteiger partial charge in [-0.3, -0.25) is 4.98 Å². The Morgan fingerprint density at radius 1 is 0.679 bits per heavy atom. The van der Waals surface area contributed by atoms with Crippen LogP contribution in [0.2, 0.25) is 0 Å². The molecular formula is C24H43NO3. The van der Waals surface area contributed by atoms with E-state index in [1.165, 1.54) is 83.5 Å². The topological polar surface area (TPSA) is 73.6 Å². The average Bonchev–Trinajstić information content (AvgIpc) is 2.71. The van der Waals surface area contributed by atoms with E-state index in [2.05, 4.69) is 11.9 Å². The number of aromatic hydroxyl groups is 1. The fourth-order valence-corrected chi connectivity index (χ4v) is 3.78. The van der Waals surface area contributed by atoms with Crippen LogP contribution in [-0.4, -0.2) is 20.3 Å². The fourth-order valence-electron chi connectivity index (χ4n) is 3.78. The summed E-state index contributed by atoms with van der Waals surface area (Å²) in [7, 11) is 0. The van der Waals surface area contributed by atoms with Crippen LogP contribution in [0.3, 0.4) is 0 Å². The largest absolute Gasteiger partial charge is 0.506 e. The van der Waals surface area contributed by atoms with E-state index in [0.29, 0.717) is 16.8 Å². The van der Waals surface area contributed by atoms with Crippen LogP contribution >= 0.6 is 0 Å². The fraction of sp³-hybridized carbons (Fsp3) is 0.792. The van der Waals surface area contributed by atoms with Gasteiger partial charge in [0.2, 0.25) is 0 Å². The molecule has 0 unspecified atom stereocenters. The minimum Gasteiger partial charge on any atom is -0.506 e. The molecule has 0 aromatic carbocycles. The van der Waals surface area contributed by atoms with Crippen LogP contribution < -0.4 is 0 Å². The van der Waals surface area contributed by atoms with E-state index in [-0.39, 0.29) is 19.0 Å². The Labute approximate surface area is 172 Å². The van der Waals surface area contributed by atoms with Crippen LogP contribution in [0.4, 0.5) is 0 Å². The second-order valence-corrected chi connectivity index (χ2v) is 8.07. The number of aryl methyl sites for hydroxylation is 1. The van der Waals surface area contributed by atoms with Gasteiger partial charge in [0.25, 0.3) is 0 Å². The summed E-state index contributed by atoms with van der Waals surface area (Å²) in [5.74, 6) is 0.0550. The molecule has 1 rings (SSSR count). The lowest BCUT2D eigenvalue weighted by Gasteiger charge is -2.11. The summed E-state index contributed by atoms with van der Waals surface area (Å²) in [5.41, 5.74) is 1.55. The molecule has 1 aromatic rings. The minimum absolute atomic E-state index is 0.0550. The first-order chi connectivity index (χ1) is 13.7. The molecule has 162 valence electrons. The predicted molar refractivity (Wildman–Crippen MR) is 116 cm³/mol. The maximum absolute atomic E-state index is 10.2. The smallest absolute Gasteiger partial charge is 0.142 e. The Morgan fingerprint density at radius 2 is 1.14 bits per heavy atom. The third-order valence-electron chi connectivity index (χ3n) is 5.67. The van der Waals surface area contributed by atoms with Crippen molar-refractivity contribution >= 4 is 0 Å². The van der Waals surface area contributed by atoms with Crippen molar-refractivity contribution in [3.05, 3.63) is 23.0 Å². The number of rotatable bonds is 18. The molecule has 0 spiro atoms. The van der Waals surface area contributed by atoms with E-state index < -0.39 is 0 Å². The average molecular weight is 394 g/mol. The maximum atomic E-state index is 10.2. The molecular weight excluding hydrogens is 350 g/mol. The zero-order chi connectivity index (χ0) is 20.5. The Morgan fingerprint density at radius 3 is 1.57 bits per heavy atom. The molecule has 1 aromatic heterocycles. The number of hydrogen-bond donors (Lipinski definition) is 3. The lowest BCUT2D eigenvalue weighted by Crippen LogP contribution is -2.01. The molecule has 0 aliphatic rings. The minimum atomic E-state index is -0.268. The lowest BCUT2D eigenvalue weighted by molar-refractivity contribution is 0.254. The summed E-state index contributed by atoms with van der Waals surface area (Å²) in [6.45, 7) is 1.79. The van der Waals surface area contributed by atoms with Crippen molar-refractivity contribution in [2.24, 2.45) is 0 Å². The SMILES string of the molecule is CCCCCCCCCCCCCCCCCc1ncc(CO)c(CO)c1O. The van der Waals surface area contributed by atoms with E-state index in [1.54, 1.807) is 6.20 Å². The number of nitrogens with zero attached hydrogens (tertiary/aromatic N) is 1. The van der Waals surface area contributed by atoms with Crippen LogP contribution in [0.5, 0.6) is 5.75 Å². The van der Waals surface area contributed by atoms with Crippen molar-refractivity contribution in [2.75, 3.05) is 0 Å². The molecule has 0 radical (unpaired) electrons. The van der Waals surface area contributed by atoms with Crippen molar-refractivity contribution < 1.29 is 15.3 Å². The number of pyridine rings is 1. The monoisotopic (exact) mass is 393 g/mol. The van der Waals surface area contributed by atoms with Gasteiger partial charge in [-0.1, -0.05) is 96.8 Å². The van der Waals surface area contributed by atoms with E-state index in [9.17, 15) is 15.3 Å². The Balaban J connectivity index is 1.97. The van der Waals surface area contributed by atoms with E-state index in [1.807, 2.05) is 0 Å². The molecule has 28 heavy (non-hydrogen) atoms. The first-order valence-electron chi connectivity index (χ1n) is 11.6. The zero-order valence-electron chi connectivity index (χ0n) is 18.1. The Bertz CT molecular complexity index is 505. The molecule has 0 saturated carbocycles. The molecule has 1 heterocycles. The van der Waals surface area contributed by atoms with Crippen LogP contribution in [0.15, 0.2) is 6.20 Å². The normalized spacial score (nSPS) is 11.2. The van der Waals surface area contributed by atoms with Crippen LogP contribution in [0, 0.1) is 0 Å². The number of unbranched alkanes of at least 4 members (excludes halogenated alkanes) is 14. The van der Waals surface area contributed by atoms with Gasteiger partial charge in [0.1, 0.15) is 5.75 Å². The summed E-state index contributed by atoms with van der Waals surface area (Å²) in [6, 6.07) is 0. The molecule has 0 amide bonds. The number of aliphatic hydroxyl groups excluding tert-OH is 2. The van der Waals surface area contributed by atoms with Crippen molar-refractivity contribution in [3.8, 4) is 5.75 Å². The second-order valence-electron chi connectivity index (χ2n) is 8.07. The van der Waals surface area contributed by atoms with Gasteiger partial charge >= 0.3 is 0 Å². The van der Waals surface area contributed by atoms with Crippen LogP contribution in [-0.2, 0) is 19.6 Å². The summed E-state index contributed by atoms with van der Waals surface area (Å²) in [4.78, 5) is 4.24. The molecule has 0 bridgehead atoms. The summed E-state index contributed by atoms with van der Waals surface area (Å²) >= 11 is 0. The molecule has 0 atom stereocenters. The van der Waals surface area contributed by atoms with E-state index in [0.717, 1.165) is 19.3 Å². The Hall–Kier alpha value is -1.13. The van der Waals surface area contributed by atoms with E-state index in [4.69, 9.17) is 0 Å².